The molecule has 4 N–H and O–H groups in total. The van der Waals surface area contributed by atoms with Crippen molar-refractivity contribution in [2.45, 2.75) is 0 Å². The van der Waals surface area contributed by atoms with E-state index in [1.54, 1.807) is 0 Å². The van der Waals surface area contributed by atoms with E-state index in [9.17, 15) is 0 Å². The summed E-state index contributed by atoms with van der Waals surface area (Å²) in [6.45, 7) is 5.84. The van der Waals surface area contributed by atoms with Gasteiger partial charge in [-0.25, -0.2) is 0 Å². The molecule has 6 nitrogen and oxygen atoms in total. The number of benzene rings is 2. The molecule has 2 aliphatic heterocycles. The normalized spacial score (nSPS) is 16.5. The van der Waals surface area contributed by atoms with Crippen molar-refractivity contribution >= 4 is 41.1 Å². The van der Waals surface area contributed by atoms with Crippen LogP contribution in [0.5, 0.6) is 0 Å². The fourth-order valence-corrected chi connectivity index (χ4v) is 3.28. The zero-order chi connectivity index (χ0) is 17.1. The molecule has 0 saturated carbocycles. The van der Waals surface area contributed by atoms with E-state index in [0.29, 0.717) is 0 Å². The molecule has 0 amide bonds. The second kappa shape index (κ2) is 8.19. The maximum Gasteiger partial charge on any atom is 0.195 e. The summed E-state index contributed by atoms with van der Waals surface area (Å²) in [6.07, 6.45) is 0. The molecule has 26 heavy (non-hydrogen) atoms. The van der Waals surface area contributed by atoms with Crippen molar-refractivity contribution in [2.75, 3.05) is 60.1 Å². The van der Waals surface area contributed by atoms with Gasteiger partial charge in [-0.15, -0.1) is 12.4 Å². The number of nitrogens with one attached hydrogen (secondary N) is 2. The van der Waals surface area contributed by atoms with E-state index in [2.05, 4.69) is 61.8 Å². The van der Waals surface area contributed by atoms with Crippen LogP contribution in [0.1, 0.15) is 0 Å². The topological polar surface area (TPSA) is 68.9 Å². The van der Waals surface area contributed by atoms with Gasteiger partial charge in [-0.3, -0.25) is 4.99 Å². The number of aliphatic imine (C=N–C) groups is 1. The molecule has 1 fully saturated rings. The van der Waals surface area contributed by atoms with Gasteiger partial charge in [-0.1, -0.05) is 0 Å². The highest BCUT2D eigenvalue weighted by Crippen LogP contribution is 2.22. The van der Waals surface area contributed by atoms with E-state index in [0.717, 1.165) is 56.6 Å². The van der Waals surface area contributed by atoms with Crippen molar-refractivity contribution < 1.29 is 0 Å². The van der Waals surface area contributed by atoms with Crippen LogP contribution in [-0.2, 0) is 0 Å². The summed E-state index contributed by atoms with van der Waals surface area (Å²) in [5, 5.41) is 6.53. The fourth-order valence-electron chi connectivity index (χ4n) is 3.28. The first kappa shape index (κ1) is 18.2. The lowest BCUT2D eigenvalue weighted by molar-refractivity contribution is 0.653. The number of nitrogens with zero attached hydrogens (tertiary/aromatic N) is 3. The molecule has 4 rings (SSSR count). The van der Waals surface area contributed by atoms with Gasteiger partial charge in [0.2, 0.25) is 0 Å². The highest BCUT2D eigenvalue weighted by atomic mass is 35.5. The second-order valence-corrected chi connectivity index (χ2v) is 6.39. The summed E-state index contributed by atoms with van der Waals surface area (Å²) in [7, 11) is 0. The Morgan fingerprint density at radius 3 is 1.88 bits per heavy atom. The first-order valence-electron chi connectivity index (χ1n) is 8.79. The third kappa shape index (κ3) is 4.14. The Morgan fingerprint density at radius 1 is 0.846 bits per heavy atom. The van der Waals surface area contributed by atoms with Crippen LogP contribution in [-0.4, -0.2) is 45.2 Å². The Balaban J connectivity index is 0.00000196. The maximum atomic E-state index is 5.77. The maximum absolute atomic E-state index is 5.77. The largest absolute Gasteiger partial charge is 0.399 e. The van der Waals surface area contributed by atoms with E-state index in [4.69, 9.17) is 5.73 Å². The van der Waals surface area contributed by atoms with Crippen LogP contribution < -0.4 is 26.2 Å². The summed E-state index contributed by atoms with van der Waals surface area (Å²) in [4.78, 5) is 9.20. The van der Waals surface area contributed by atoms with E-state index >= 15 is 0 Å². The highest BCUT2D eigenvalue weighted by Gasteiger charge is 2.17. The minimum absolute atomic E-state index is 0. The van der Waals surface area contributed by atoms with E-state index in [-0.39, 0.29) is 12.4 Å². The zero-order valence-electron chi connectivity index (χ0n) is 14.7. The average molecular weight is 373 g/mol. The molecule has 0 radical (unpaired) electrons. The molecule has 2 aromatic carbocycles. The van der Waals surface area contributed by atoms with Gasteiger partial charge < -0.3 is 26.2 Å². The Bertz CT molecular complexity index is 736. The Kier molecular flexibility index (Phi) is 5.73. The predicted molar refractivity (Wildman–Crippen MR) is 113 cm³/mol. The van der Waals surface area contributed by atoms with Crippen LogP contribution in [0.15, 0.2) is 53.5 Å². The van der Waals surface area contributed by atoms with Gasteiger partial charge in [0.1, 0.15) is 0 Å². The smallest absolute Gasteiger partial charge is 0.195 e. The molecule has 0 aliphatic carbocycles. The third-order valence-electron chi connectivity index (χ3n) is 4.71. The molecule has 2 aliphatic rings. The van der Waals surface area contributed by atoms with Gasteiger partial charge in [0, 0.05) is 55.5 Å². The van der Waals surface area contributed by atoms with Crippen LogP contribution in [0.2, 0.25) is 0 Å². The van der Waals surface area contributed by atoms with Gasteiger partial charge in [-0.05, 0) is 48.5 Å². The monoisotopic (exact) mass is 372 g/mol. The first-order chi connectivity index (χ1) is 12.3. The van der Waals surface area contributed by atoms with Gasteiger partial charge in [0.05, 0.1) is 6.54 Å². The van der Waals surface area contributed by atoms with Crippen LogP contribution in [0.4, 0.5) is 22.7 Å². The van der Waals surface area contributed by atoms with E-state index in [1.807, 2.05) is 12.1 Å². The second-order valence-electron chi connectivity index (χ2n) is 6.39. The highest BCUT2D eigenvalue weighted by molar-refractivity contribution is 5.94. The minimum Gasteiger partial charge on any atom is -0.399 e. The molecule has 0 spiro atoms. The molecule has 0 atom stereocenters. The van der Waals surface area contributed by atoms with Crippen LogP contribution in [0.3, 0.4) is 0 Å². The van der Waals surface area contributed by atoms with Crippen molar-refractivity contribution in [3.63, 3.8) is 0 Å². The van der Waals surface area contributed by atoms with Crippen molar-refractivity contribution in [1.82, 2.24) is 5.32 Å². The van der Waals surface area contributed by atoms with Crippen LogP contribution >= 0.6 is 12.4 Å². The SMILES string of the molecule is Cl.Nc1ccc(N2CCN(c3ccc(NC4=NCCN4)cc3)CC2)cc1. The van der Waals surface area contributed by atoms with Crippen LogP contribution in [0.25, 0.3) is 0 Å². The van der Waals surface area contributed by atoms with Gasteiger partial charge in [0.25, 0.3) is 0 Å². The summed E-state index contributed by atoms with van der Waals surface area (Å²) in [5.41, 5.74) is 10.2. The number of rotatable bonds is 3. The molecule has 2 aromatic rings. The number of hydrogen-bond acceptors (Lipinski definition) is 6. The van der Waals surface area contributed by atoms with Gasteiger partial charge in [-0.2, -0.15) is 0 Å². The lowest BCUT2D eigenvalue weighted by atomic mass is 10.2. The lowest BCUT2D eigenvalue weighted by Crippen LogP contribution is -2.46. The summed E-state index contributed by atoms with van der Waals surface area (Å²) in [6, 6.07) is 16.7. The summed E-state index contributed by atoms with van der Waals surface area (Å²) < 4.78 is 0. The molecular formula is C19H25ClN6. The number of halogens is 1. The summed E-state index contributed by atoms with van der Waals surface area (Å²) >= 11 is 0. The number of nitrogen functional groups attached to an aromatic ring is 1. The number of guanidine groups is 1. The summed E-state index contributed by atoms with van der Waals surface area (Å²) in [5.74, 6) is 0.866. The molecule has 0 unspecified atom stereocenters. The minimum atomic E-state index is 0. The van der Waals surface area contributed by atoms with Gasteiger partial charge >= 0.3 is 0 Å². The Morgan fingerprint density at radius 2 is 1.38 bits per heavy atom. The predicted octanol–water partition coefficient (Wildman–Crippen LogP) is 2.39. The van der Waals surface area contributed by atoms with Crippen LogP contribution in [0, 0.1) is 0 Å². The lowest BCUT2D eigenvalue weighted by Gasteiger charge is -2.37. The van der Waals surface area contributed by atoms with Crippen molar-refractivity contribution in [2.24, 2.45) is 4.99 Å². The molecule has 0 bridgehead atoms. The molecular weight excluding hydrogens is 348 g/mol. The first-order valence-corrected chi connectivity index (χ1v) is 8.79. The molecule has 7 heteroatoms. The number of nitrogens with two attached hydrogens (primary N) is 1. The van der Waals surface area contributed by atoms with Gasteiger partial charge in [0.15, 0.2) is 5.96 Å². The van der Waals surface area contributed by atoms with Crippen molar-refractivity contribution in [1.29, 1.82) is 0 Å². The standard InChI is InChI=1S/C19H24N6.ClH/c20-15-1-5-17(6-2-15)24-11-13-25(14-12-24)18-7-3-16(4-8-18)23-19-21-9-10-22-19;/h1-8H,9-14,20H2,(H2,21,22,23);1H. The molecule has 1 saturated heterocycles. The van der Waals surface area contributed by atoms with E-state index in [1.165, 1.54) is 11.4 Å². The van der Waals surface area contributed by atoms with E-state index < -0.39 is 0 Å². The molecule has 2 heterocycles. The zero-order valence-corrected chi connectivity index (χ0v) is 15.5. The quantitative estimate of drug-likeness (QED) is 0.722. The molecule has 138 valence electrons. The Labute approximate surface area is 160 Å². The van der Waals surface area contributed by atoms with Crippen molar-refractivity contribution in [3.05, 3.63) is 48.5 Å². The number of anilines is 4. The van der Waals surface area contributed by atoms with Crippen molar-refractivity contribution in [3.8, 4) is 0 Å². The number of piperazine rings is 1. The number of hydrogen-bond donors (Lipinski definition) is 3. The third-order valence-corrected chi connectivity index (χ3v) is 4.71. The fraction of sp³-hybridized carbons (Fsp3) is 0.316. The molecule has 0 aromatic heterocycles. The Hall–Kier alpha value is -2.60. The average Bonchev–Trinajstić information content (AvgIpc) is 3.16.